The van der Waals surface area contributed by atoms with Gasteiger partial charge in [-0.3, -0.25) is 4.79 Å². The third-order valence-corrected chi connectivity index (χ3v) is 4.06. The minimum atomic E-state index is -0.222. The molecule has 0 spiro atoms. The van der Waals surface area contributed by atoms with Gasteiger partial charge in [-0.1, -0.05) is 57.2 Å². The topological polar surface area (TPSA) is 50.7 Å². The monoisotopic (exact) mass is 352 g/mol. The maximum atomic E-state index is 11.9. The molecule has 4 nitrogen and oxygen atoms in total. The molecule has 0 saturated heterocycles. The molecular formula is C22H28N2O2. The van der Waals surface area contributed by atoms with E-state index in [1.807, 2.05) is 42.5 Å². The van der Waals surface area contributed by atoms with Crippen molar-refractivity contribution in [1.29, 1.82) is 0 Å². The van der Waals surface area contributed by atoms with Crippen LogP contribution in [0, 0.1) is 0 Å². The van der Waals surface area contributed by atoms with Gasteiger partial charge in [0.05, 0.1) is 12.8 Å². The van der Waals surface area contributed by atoms with Crippen LogP contribution in [0.5, 0.6) is 5.75 Å². The highest BCUT2D eigenvalue weighted by Gasteiger charge is 2.01. The van der Waals surface area contributed by atoms with E-state index in [0.29, 0.717) is 5.56 Å². The van der Waals surface area contributed by atoms with Crippen molar-refractivity contribution < 1.29 is 9.53 Å². The molecule has 0 atom stereocenters. The smallest absolute Gasteiger partial charge is 0.271 e. The Morgan fingerprint density at radius 3 is 2.38 bits per heavy atom. The number of rotatable bonds is 11. The van der Waals surface area contributed by atoms with Crippen LogP contribution in [0.25, 0.3) is 0 Å². The summed E-state index contributed by atoms with van der Waals surface area (Å²) in [5, 5.41) is 3.99. The predicted octanol–water partition coefficient (Wildman–Crippen LogP) is 5.19. The minimum absolute atomic E-state index is 0.222. The molecule has 0 unspecified atom stereocenters. The second-order valence-corrected chi connectivity index (χ2v) is 6.25. The first-order chi connectivity index (χ1) is 12.8. The van der Waals surface area contributed by atoms with Crippen molar-refractivity contribution in [3.63, 3.8) is 0 Å². The number of hydrogen-bond donors (Lipinski definition) is 1. The fourth-order valence-corrected chi connectivity index (χ4v) is 2.54. The summed E-state index contributed by atoms with van der Waals surface area (Å²) in [5.41, 5.74) is 4.02. The van der Waals surface area contributed by atoms with Crippen LogP contribution in [0.15, 0.2) is 59.7 Å². The lowest BCUT2D eigenvalue weighted by molar-refractivity contribution is 0.0955. The zero-order chi connectivity index (χ0) is 18.5. The first kappa shape index (κ1) is 19.7. The van der Waals surface area contributed by atoms with Crippen molar-refractivity contribution >= 4 is 12.1 Å². The average Bonchev–Trinajstić information content (AvgIpc) is 2.69. The molecule has 0 aliphatic carbocycles. The maximum absolute atomic E-state index is 11.9. The van der Waals surface area contributed by atoms with Gasteiger partial charge in [-0.2, -0.15) is 5.10 Å². The first-order valence-corrected chi connectivity index (χ1v) is 9.41. The van der Waals surface area contributed by atoms with E-state index < -0.39 is 0 Å². The quantitative estimate of drug-likeness (QED) is 0.344. The second-order valence-electron chi connectivity index (χ2n) is 6.25. The summed E-state index contributed by atoms with van der Waals surface area (Å²) in [4.78, 5) is 11.9. The molecule has 0 fully saturated rings. The first-order valence-electron chi connectivity index (χ1n) is 9.41. The molecular weight excluding hydrogens is 324 g/mol. The number of hydrazone groups is 1. The third kappa shape index (κ3) is 7.51. The van der Waals surface area contributed by atoms with Gasteiger partial charge in [0.25, 0.3) is 5.91 Å². The van der Waals surface area contributed by atoms with E-state index in [-0.39, 0.29) is 5.91 Å². The summed E-state index contributed by atoms with van der Waals surface area (Å²) in [7, 11) is 0. The Morgan fingerprint density at radius 1 is 0.962 bits per heavy atom. The Labute approximate surface area is 156 Å². The molecule has 0 aromatic heterocycles. The average molecular weight is 352 g/mol. The minimum Gasteiger partial charge on any atom is -0.494 e. The van der Waals surface area contributed by atoms with Crippen LogP contribution in [0.4, 0.5) is 0 Å². The molecule has 0 radical (unpaired) electrons. The number of hydrogen-bond acceptors (Lipinski definition) is 3. The molecule has 0 heterocycles. The van der Waals surface area contributed by atoms with E-state index in [1.165, 1.54) is 32.1 Å². The van der Waals surface area contributed by atoms with Crippen molar-refractivity contribution in [1.82, 2.24) is 5.43 Å². The van der Waals surface area contributed by atoms with Crippen LogP contribution in [0.3, 0.4) is 0 Å². The summed E-state index contributed by atoms with van der Waals surface area (Å²) in [6.07, 6.45) is 9.17. The van der Waals surface area contributed by atoms with Gasteiger partial charge in [0.15, 0.2) is 0 Å². The molecule has 4 heteroatoms. The molecule has 138 valence electrons. The van der Waals surface area contributed by atoms with Crippen LogP contribution in [0.1, 0.15) is 61.4 Å². The van der Waals surface area contributed by atoms with E-state index in [1.54, 1.807) is 18.3 Å². The molecule has 0 aliphatic rings. The summed E-state index contributed by atoms with van der Waals surface area (Å²) in [6, 6.07) is 16.7. The van der Waals surface area contributed by atoms with Crippen molar-refractivity contribution in [3.8, 4) is 5.75 Å². The molecule has 26 heavy (non-hydrogen) atoms. The van der Waals surface area contributed by atoms with Crippen molar-refractivity contribution in [2.45, 2.75) is 45.4 Å². The van der Waals surface area contributed by atoms with Crippen molar-refractivity contribution in [2.75, 3.05) is 6.61 Å². The Morgan fingerprint density at radius 2 is 1.65 bits per heavy atom. The summed E-state index contributed by atoms with van der Waals surface area (Å²) in [5.74, 6) is 0.643. The molecule has 2 aromatic carbocycles. The van der Waals surface area contributed by atoms with E-state index in [2.05, 4.69) is 17.5 Å². The van der Waals surface area contributed by atoms with E-state index >= 15 is 0 Å². The highest BCUT2D eigenvalue weighted by Crippen LogP contribution is 2.12. The normalized spacial score (nSPS) is 10.8. The van der Waals surface area contributed by atoms with Gasteiger partial charge >= 0.3 is 0 Å². The van der Waals surface area contributed by atoms with Gasteiger partial charge in [-0.05, 0) is 48.4 Å². The SMILES string of the molecule is CCCCCCCCOc1ccc(/C=N/NC(=O)c2ccccc2)cc1. The Kier molecular flexibility index (Phi) is 8.98. The fraction of sp³-hybridized carbons (Fsp3) is 0.364. The molecule has 2 aromatic rings. The van der Waals surface area contributed by atoms with Crippen LogP contribution in [0.2, 0.25) is 0 Å². The van der Waals surface area contributed by atoms with Gasteiger partial charge in [0.1, 0.15) is 5.75 Å². The number of nitrogens with one attached hydrogen (secondary N) is 1. The van der Waals surface area contributed by atoms with E-state index in [4.69, 9.17) is 4.74 Å². The zero-order valence-corrected chi connectivity index (χ0v) is 15.5. The lowest BCUT2D eigenvalue weighted by atomic mass is 10.1. The van der Waals surface area contributed by atoms with Crippen LogP contribution in [-0.4, -0.2) is 18.7 Å². The fourth-order valence-electron chi connectivity index (χ4n) is 2.54. The van der Waals surface area contributed by atoms with Gasteiger partial charge < -0.3 is 4.74 Å². The maximum Gasteiger partial charge on any atom is 0.271 e. The highest BCUT2D eigenvalue weighted by atomic mass is 16.5. The van der Waals surface area contributed by atoms with Crippen molar-refractivity contribution in [3.05, 3.63) is 65.7 Å². The summed E-state index contributed by atoms with van der Waals surface area (Å²) in [6.45, 7) is 2.99. The summed E-state index contributed by atoms with van der Waals surface area (Å²) < 4.78 is 5.75. The van der Waals surface area contributed by atoms with Gasteiger partial charge in [-0.25, -0.2) is 5.43 Å². The van der Waals surface area contributed by atoms with E-state index in [0.717, 1.165) is 24.3 Å². The number of benzene rings is 2. The molecule has 1 amide bonds. The number of amides is 1. The van der Waals surface area contributed by atoms with Crippen LogP contribution < -0.4 is 10.2 Å². The predicted molar refractivity (Wildman–Crippen MR) is 107 cm³/mol. The Balaban J connectivity index is 1.67. The second kappa shape index (κ2) is 11.9. The Hall–Kier alpha value is -2.62. The van der Waals surface area contributed by atoms with Gasteiger partial charge in [0, 0.05) is 5.56 Å². The van der Waals surface area contributed by atoms with E-state index in [9.17, 15) is 4.79 Å². The zero-order valence-electron chi connectivity index (χ0n) is 15.5. The number of unbranched alkanes of at least 4 members (excludes halogenated alkanes) is 5. The lowest BCUT2D eigenvalue weighted by Crippen LogP contribution is -2.17. The molecule has 0 bridgehead atoms. The Bertz CT molecular complexity index is 666. The largest absolute Gasteiger partial charge is 0.494 e. The number of carbonyl (C=O) groups is 1. The van der Waals surface area contributed by atoms with Crippen LogP contribution in [-0.2, 0) is 0 Å². The molecule has 1 N–H and O–H groups in total. The standard InChI is InChI=1S/C22H28N2O2/c1-2-3-4-5-6-10-17-26-21-15-13-19(14-16-21)18-23-24-22(25)20-11-8-7-9-12-20/h7-9,11-16,18H,2-6,10,17H2,1H3,(H,24,25)/b23-18+. The molecule has 0 aliphatic heterocycles. The summed E-state index contributed by atoms with van der Waals surface area (Å²) >= 11 is 0. The molecule has 0 saturated carbocycles. The third-order valence-electron chi connectivity index (χ3n) is 4.06. The van der Waals surface area contributed by atoms with Crippen molar-refractivity contribution in [2.24, 2.45) is 5.10 Å². The van der Waals surface area contributed by atoms with Gasteiger partial charge in [-0.15, -0.1) is 0 Å². The molecule has 2 rings (SSSR count). The van der Waals surface area contributed by atoms with Crippen LogP contribution >= 0.6 is 0 Å². The van der Waals surface area contributed by atoms with Gasteiger partial charge in [0.2, 0.25) is 0 Å². The lowest BCUT2D eigenvalue weighted by Gasteiger charge is -2.06. The highest BCUT2D eigenvalue weighted by molar-refractivity contribution is 5.94. The number of nitrogens with zero attached hydrogens (tertiary/aromatic N) is 1. The number of ether oxygens (including phenoxy) is 1. The number of carbonyl (C=O) groups excluding carboxylic acids is 1.